The van der Waals surface area contributed by atoms with Crippen LogP contribution in [0.1, 0.15) is 84.0 Å². The van der Waals surface area contributed by atoms with E-state index in [1.54, 1.807) is 0 Å². The molecule has 0 aliphatic carbocycles. The molecule has 0 aliphatic heterocycles. The van der Waals surface area contributed by atoms with Gasteiger partial charge in [0.25, 0.3) is 0 Å². The Labute approximate surface area is 128 Å². The minimum Gasteiger partial charge on any atom is -0.356 e. The fraction of sp³-hybridized carbons (Fsp3) is 0.938. The lowest BCUT2D eigenvalue weighted by Gasteiger charge is -2.05. The molecule has 0 rings (SSSR count). The quantitative estimate of drug-likeness (QED) is 0.343. The van der Waals surface area contributed by atoms with Crippen molar-refractivity contribution in [2.24, 2.45) is 0 Å². The largest absolute Gasteiger partial charge is 0.356 e. The summed E-state index contributed by atoms with van der Waals surface area (Å²) >= 11 is 3.43. The van der Waals surface area contributed by atoms with E-state index in [2.05, 4.69) is 28.2 Å². The Hall–Kier alpha value is -0.0500. The third-order valence-electron chi connectivity index (χ3n) is 3.39. The van der Waals surface area contributed by atoms with Gasteiger partial charge in [0.2, 0.25) is 5.91 Å². The standard InChI is InChI=1S/C16H32BrNO/c1-2-3-4-5-6-7-10-13-16(19)18-15-12-9-8-11-14-17/h2-15H2,1H3,(H,18,19). The molecule has 1 N–H and O–H groups in total. The van der Waals surface area contributed by atoms with E-state index in [0.717, 1.165) is 31.1 Å². The van der Waals surface area contributed by atoms with E-state index >= 15 is 0 Å². The Balaban J connectivity index is 3.13. The summed E-state index contributed by atoms with van der Waals surface area (Å²) in [7, 11) is 0. The first kappa shape index (κ1) is 18.9. The molecule has 0 aromatic carbocycles. The lowest BCUT2D eigenvalue weighted by molar-refractivity contribution is -0.121. The van der Waals surface area contributed by atoms with Crippen molar-refractivity contribution in [1.82, 2.24) is 5.32 Å². The third-order valence-corrected chi connectivity index (χ3v) is 3.95. The molecule has 0 spiro atoms. The molecule has 0 fully saturated rings. The summed E-state index contributed by atoms with van der Waals surface area (Å²) in [6.07, 6.45) is 14.5. The monoisotopic (exact) mass is 333 g/mol. The van der Waals surface area contributed by atoms with Gasteiger partial charge in [0.1, 0.15) is 0 Å². The van der Waals surface area contributed by atoms with Gasteiger partial charge >= 0.3 is 0 Å². The number of nitrogens with one attached hydrogen (secondary N) is 1. The highest BCUT2D eigenvalue weighted by Crippen LogP contribution is 2.08. The zero-order valence-electron chi connectivity index (χ0n) is 12.7. The zero-order chi connectivity index (χ0) is 14.2. The summed E-state index contributed by atoms with van der Waals surface area (Å²) in [5, 5.41) is 4.11. The summed E-state index contributed by atoms with van der Waals surface area (Å²) in [5.74, 6) is 0.244. The van der Waals surface area contributed by atoms with Crippen molar-refractivity contribution in [3.63, 3.8) is 0 Å². The normalized spacial score (nSPS) is 10.6. The molecule has 0 atom stereocenters. The molecule has 19 heavy (non-hydrogen) atoms. The zero-order valence-corrected chi connectivity index (χ0v) is 14.3. The van der Waals surface area contributed by atoms with Crippen molar-refractivity contribution in [2.45, 2.75) is 84.0 Å². The molecule has 0 bridgehead atoms. The molecular weight excluding hydrogens is 302 g/mol. The van der Waals surface area contributed by atoms with Gasteiger partial charge in [-0.3, -0.25) is 4.79 Å². The van der Waals surface area contributed by atoms with Gasteiger partial charge in [-0.15, -0.1) is 0 Å². The second-order valence-electron chi connectivity index (χ2n) is 5.32. The summed E-state index contributed by atoms with van der Waals surface area (Å²) in [5.41, 5.74) is 0. The van der Waals surface area contributed by atoms with Crippen LogP contribution < -0.4 is 5.32 Å². The predicted octanol–water partition coefficient (Wildman–Crippen LogP) is 5.20. The average molecular weight is 334 g/mol. The maximum atomic E-state index is 11.5. The third kappa shape index (κ3) is 15.9. The Morgan fingerprint density at radius 2 is 1.42 bits per heavy atom. The van der Waals surface area contributed by atoms with Crippen LogP contribution in [0.4, 0.5) is 0 Å². The first-order valence-corrected chi connectivity index (χ1v) is 9.26. The number of unbranched alkanes of at least 4 members (excludes halogenated alkanes) is 9. The first-order valence-electron chi connectivity index (χ1n) is 8.14. The van der Waals surface area contributed by atoms with E-state index in [1.807, 2.05) is 0 Å². The second kappa shape index (κ2) is 16.0. The maximum Gasteiger partial charge on any atom is 0.219 e. The van der Waals surface area contributed by atoms with Crippen LogP contribution in [0, 0.1) is 0 Å². The Morgan fingerprint density at radius 1 is 0.842 bits per heavy atom. The fourth-order valence-electron chi connectivity index (χ4n) is 2.13. The first-order chi connectivity index (χ1) is 9.31. The smallest absolute Gasteiger partial charge is 0.219 e. The molecule has 0 aromatic rings. The molecule has 0 heterocycles. The SMILES string of the molecule is CCCCCCCCCC(=O)NCCCCCCBr. The van der Waals surface area contributed by atoms with Crippen molar-refractivity contribution in [1.29, 1.82) is 0 Å². The maximum absolute atomic E-state index is 11.5. The Kier molecular flexibility index (Phi) is 16.0. The average Bonchev–Trinajstić information content (AvgIpc) is 2.41. The Morgan fingerprint density at radius 3 is 2.11 bits per heavy atom. The number of rotatable bonds is 14. The molecule has 2 nitrogen and oxygen atoms in total. The van der Waals surface area contributed by atoms with Crippen LogP contribution in [0.15, 0.2) is 0 Å². The van der Waals surface area contributed by atoms with Gasteiger partial charge in [-0.1, -0.05) is 74.2 Å². The molecule has 0 aliphatic rings. The molecule has 114 valence electrons. The predicted molar refractivity (Wildman–Crippen MR) is 87.9 cm³/mol. The number of carbonyl (C=O) groups is 1. The van der Waals surface area contributed by atoms with Crippen LogP contribution >= 0.6 is 15.9 Å². The molecule has 0 aromatic heterocycles. The highest BCUT2D eigenvalue weighted by molar-refractivity contribution is 9.09. The van der Waals surface area contributed by atoms with Gasteiger partial charge in [-0.25, -0.2) is 0 Å². The summed E-state index contributed by atoms with van der Waals surface area (Å²) in [6.45, 7) is 3.10. The van der Waals surface area contributed by atoms with E-state index in [9.17, 15) is 4.79 Å². The summed E-state index contributed by atoms with van der Waals surface area (Å²) in [4.78, 5) is 11.5. The van der Waals surface area contributed by atoms with Crippen molar-refractivity contribution in [3.8, 4) is 0 Å². The van der Waals surface area contributed by atoms with Gasteiger partial charge in [0.15, 0.2) is 0 Å². The molecule has 0 saturated carbocycles. The number of hydrogen-bond donors (Lipinski definition) is 1. The van der Waals surface area contributed by atoms with Crippen LogP contribution in [0.5, 0.6) is 0 Å². The van der Waals surface area contributed by atoms with Gasteiger partial charge in [-0.2, -0.15) is 0 Å². The molecule has 0 unspecified atom stereocenters. The van der Waals surface area contributed by atoms with E-state index in [-0.39, 0.29) is 5.91 Å². The van der Waals surface area contributed by atoms with E-state index in [0.29, 0.717) is 0 Å². The number of amides is 1. The molecule has 1 amide bonds. The van der Waals surface area contributed by atoms with Crippen LogP contribution in [-0.2, 0) is 4.79 Å². The highest BCUT2D eigenvalue weighted by atomic mass is 79.9. The van der Waals surface area contributed by atoms with E-state index < -0.39 is 0 Å². The Bertz CT molecular complexity index is 197. The molecule has 0 radical (unpaired) electrons. The van der Waals surface area contributed by atoms with Crippen molar-refractivity contribution in [3.05, 3.63) is 0 Å². The lowest BCUT2D eigenvalue weighted by Crippen LogP contribution is -2.23. The topological polar surface area (TPSA) is 29.1 Å². The lowest BCUT2D eigenvalue weighted by atomic mass is 10.1. The summed E-state index contributed by atoms with van der Waals surface area (Å²) in [6, 6.07) is 0. The molecular formula is C16H32BrNO. The molecule has 0 saturated heterocycles. The fourth-order valence-corrected chi connectivity index (χ4v) is 2.53. The van der Waals surface area contributed by atoms with Crippen molar-refractivity contribution >= 4 is 21.8 Å². The van der Waals surface area contributed by atoms with E-state index in [4.69, 9.17) is 0 Å². The highest BCUT2D eigenvalue weighted by Gasteiger charge is 2.00. The van der Waals surface area contributed by atoms with Crippen LogP contribution in [0.2, 0.25) is 0 Å². The number of carbonyl (C=O) groups excluding carboxylic acids is 1. The number of alkyl halides is 1. The van der Waals surface area contributed by atoms with Gasteiger partial charge in [0, 0.05) is 18.3 Å². The van der Waals surface area contributed by atoms with Crippen LogP contribution in [0.3, 0.4) is 0 Å². The minimum atomic E-state index is 0.244. The van der Waals surface area contributed by atoms with Crippen LogP contribution in [0.25, 0.3) is 0 Å². The van der Waals surface area contributed by atoms with Gasteiger partial charge in [-0.05, 0) is 19.3 Å². The van der Waals surface area contributed by atoms with Crippen molar-refractivity contribution in [2.75, 3.05) is 11.9 Å². The minimum absolute atomic E-state index is 0.244. The van der Waals surface area contributed by atoms with Gasteiger partial charge in [0.05, 0.1) is 0 Å². The van der Waals surface area contributed by atoms with Gasteiger partial charge < -0.3 is 5.32 Å². The molecule has 3 heteroatoms. The number of halogens is 1. The van der Waals surface area contributed by atoms with Crippen molar-refractivity contribution < 1.29 is 4.79 Å². The van der Waals surface area contributed by atoms with E-state index in [1.165, 1.54) is 57.8 Å². The summed E-state index contributed by atoms with van der Waals surface area (Å²) < 4.78 is 0. The van der Waals surface area contributed by atoms with Crippen LogP contribution in [-0.4, -0.2) is 17.8 Å². The second-order valence-corrected chi connectivity index (χ2v) is 6.12. The number of hydrogen-bond acceptors (Lipinski definition) is 1.